The Hall–Kier alpha value is -1.69. The molecule has 0 spiro atoms. The topological polar surface area (TPSA) is 72.8 Å². The van der Waals surface area contributed by atoms with Crippen molar-refractivity contribution >= 4 is 21.5 Å². The summed E-state index contributed by atoms with van der Waals surface area (Å²) in [5.74, 6) is -0.396. The lowest BCUT2D eigenvalue weighted by Crippen LogP contribution is -2.14. The molecular weight excluding hydrogens is 242 g/mol. The van der Waals surface area contributed by atoms with Gasteiger partial charge in [-0.3, -0.25) is 4.99 Å². The second kappa shape index (κ2) is 3.96. The number of nitrogens with zero attached hydrogens (tertiary/aromatic N) is 1. The van der Waals surface area contributed by atoms with Gasteiger partial charge in [-0.1, -0.05) is 12.1 Å². The molecule has 0 fully saturated rings. The summed E-state index contributed by atoms with van der Waals surface area (Å²) < 4.78 is 27.0. The molecule has 0 saturated heterocycles. The molecule has 0 saturated carbocycles. The smallest absolute Gasteiger partial charge is 0.336 e. The number of carbonyl (C=O) groups excluding carboxylic acids is 1. The van der Waals surface area contributed by atoms with Gasteiger partial charge in [0.2, 0.25) is 0 Å². The van der Waals surface area contributed by atoms with Crippen molar-refractivity contribution in [2.45, 2.75) is 10.9 Å². The molecule has 90 valence electrons. The molecule has 0 unspecified atom stereocenters. The minimum absolute atomic E-state index is 0.247. The second-order valence-corrected chi connectivity index (χ2v) is 5.75. The van der Waals surface area contributed by atoms with E-state index in [0.717, 1.165) is 11.8 Å². The third-order valence-electron chi connectivity index (χ3n) is 2.46. The third-order valence-corrected chi connectivity index (χ3v) is 3.59. The van der Waals surface area contributed by atoms with Crippen molar-refractivity contribution in [2.24, 2.45) is 4.99 Å². The largest absolute Gasteiger partial charge is 0.467 e. The van der Waals surface area contributed by atoms with Crippen LogP contribution in [0.2, 0.25) is 0 Å². The first-order valence-corrected chi connectivity index (χ1v) is 6.78. The fraction of sp³-hybridized carbons (Fsp3) is 0.273. The van der Waals surface area contributed by atoms with Crippen molar-refractivity contribution in [3.05, 3.63) is 29.8 Å². The van der Waals surface area contributed by atoms with Crippen LogP contribution in [0.4, 0.5) is 0 Å². The van der Waals surface area contributed by atoms with Crippen LogP contribution in [0.1, 0.15) is 5.56 Å². The zero-order valence-electron chi connectivity index (χ0n) is 9.38. The minimum Gasteiger partial charge on any atom is -0.467 e. The standard InChI is InChI=1S/C11H11NO4S/c1-16-11(13)10-9(12-10)7-3-5-8(6-4-7)17(2,14)15/h3-6,10H,1-2H3/t10-/m0/s1. The number of hydrogen-bond donors (Lipinski definition) is 0. The zero-order valence-corrected chi connectivity index (χ0v) is 10.2. The number of carbonyl (C=O) groups is 1. The normalized spacial score (nSPS) is 18.5. The third kappa shape index (κ3) is 2.36. The van der Waals surface area contributed by atoms with Crippen LogP contribution >= 0.6 is 0 Å². The van der Waals surface area contributed by atoms with E-state index < -0.39 is 21.8 Å². The first-order valence-electron chi connectivity index (χ1n) is 4.89. The number of rotatable bonds is 3. The quantitative estimate of drug-likeness (QED) is 0.732. The maximum Gasteiger partial charge on any atom is 0.336 e. The van der Waals surface area contributed by atoms with Crippen LogP contribution in [0.25, 0.3) is 0 Å². The van der Waals surface area contributed by atoms with Gasteiger partial charge in [0.25, 0.3) is 0 Å². The van der Waals surface area contributed by atoms with Crippen molar-refractivity contribution < 1.29 is 17.9 Å². The van der Waals surface area contributed by atoms with Gasteiger partial charge in [-0.25, -0.2) is 13.2 Å². The van der Waals surface area contributed by atoms with Crippen LogP contribution in [0.15, 0.2) is 34.2 Å². The van der Waals surface area contributed by atoms with Crippen LogP contribution in [0.3, 0.4) is 0 Å². The molecule has 1 atom stereocenters. The average molecular weight is 253 g/mol. The number of esters is 1. The summed E-state index contributed by atoms with van der Waals surface area (Å²) >= 11 is 0. The molecule has 6 heteroatoms. The van der Waals surface area contributed by atoms with Crippen molar-refractivity contribution in [3.8, 4) is 0 Å². The van der Waals surface area contributed by atoms with Crippen LogP contribution < -0.4 is 0 Å². The molecular formula is C11H11NO4S. The highest BCUT2D eigenvalue weighted by atomic mass is 32.2. The van der Waals surface area contributed by atoms with Gasteiger partial charge in [-0.2, -0.15) is 0 Å². The number of benzene rings is 1. The monoisotopic (exact) mass is 253 g/mol. The predicted molar refractivity (Wildman–Crippen MR) is 61.9 cm³/mol. The summed E-state index contributed by atoms with van der Waals surface area (Å²) in [5, 5.41) is 0. The summed E-state index contributed by atoms with van der Waals surface area (Å²) in [7, 11) is -1.88. The number of methoxy groups -OCH3 is 1. The van der Waals surface area contributed by atoms with E-state index in [1.807, 2.05) is 0 Å². The van der Waals surface area contributed by atoms with E-state index in [4.69, 9.17) is 0 Å². The molecule has 1 aromatic rings. The van der Waals surface area contributed by atoms with E-state index in [-0.39, 0.29) is 4.90 Å². The van der Waals surface area contributed by atoms with Crippen molar-refractivity contribution in [1.82, 2.24) is 0 Å². The lowest BCUT2D eigenvalue weighted by atomic mass is 10.1. The number of ether oxygens (including phenoxy) is 1. The first-order chi connectivity index (χ1) is 7.93. The summed E-state index contributed by atoms with van der Waals surface area (Å²) in [6.07, 6.45) is 1.15. The molecule has 2 rings (SSSR count). The van der Waals surface area contributed by atoms with Gasteiger partial charge in [0.05, 0.1) is 17.7 Å². The highest BCUT2D eigenvalue weighted by Crippen LogP contribution is 2.22. The molecule has 1 aromatic carbocycles. The Bertz CT molecular complexity index is 586. The molecule has 1 aliphatic rings. The summed E-state index contributed by atoms with van der Waals surface area (Å²) in [6.45, 7) is 0. The van der Waals surface area contributed by atoms with Crippen molar-refractivity contribution in [1.29, 1.82) is 0 Å². The van der Waals surface area contributed by atoms with E-state index >= 15 is 0 Å². The van der Waals surface area contributed by atoms with Crippen LogP contribution in [0.5, 0.6) is 0 Å². The summed E-state index contributed by atoms with van der Waals surface area (Å²) in [6, 6.07) is 5.75. The highest BCUT2D eigenvalue weighted by Gasteiger charge is 2.36. The Kier molecular flexibility index (Phi) is 2.74. The Morgan fingerprint density at radius 1 is 1.29 bits per heavy atom. The molecule has 5 nitrogen and oxygen atoms in total. The van der Waals surface area contributed by atoms with Gasteiger partial charge >= 0.3 is 5.97 Å². The molecule has 0 radical (unpaired) electrons. The molecule has 0 aliphatic carbocycles. The van der Waals surface area contributed by atoms with Gasteiger partial charge in [0.15, 0.2) is 15.9 Å². The van der Waals surface area contributed by atoms with Crippen molar-refractivity contribution in [2.75, 3.05) is 13.4 Å². The fourth-order valence-corrected chi connectivity index (χ4v) is 2.11. The highest BCUT2D eigenvalue weighted by molar-refractivity contribution is 7.90. The minimum atomic E-state index is -3.19. The SMILES string of the molecule is COC(=O)[C@H]1N=C1c1ccc(S(C)(=O)=O)cc1. The number of aliphatic imine (C=N–C) groups is 1. The van der Waals surface area contributed by atoms with Gasteiger partial charge < -0.3 is 4.74 Å². The number of hydrogen-bond acceptors (Lipinski definition) is 5. The molecule has 1 heterocycles. The van der Waals surface area contributed by atoms with E-state index in [2.05, 4.69) is 9.73 Å². The van der Waals surface area contributed by atoms with E-state index in [0.29, 0.717) is 5.71 Å². The lowest BCUT2D eigenvalue weighted by molar-refractivity contribution is -0.139. The average Bonchev–Trinajstić information content (AvgIpc) is 3.07. The van der Waals surface area contributed by atoms with Crippen LogP contribution in [0, 0.1) is 0 Å². The number of sulfone groups is 1. The second-order valence-electron chi connectivity index (χ2n) is 3.74. The maximum atomic E-state index is 11.2. The Morgan fingerprint density at radius 3 is 2.35 bits per heavy atom. The predicted octanol–water partition coefficient (Wildman–Crippen LogP) is 0.434. The molecule has 0 amide bonds. The Labute approximate surface area is 99.0 Å². The van der Waals surface area contributed by atoms with E-state index in [1.54, 1.807) is 12.1 Å². The molecule has 0 aromatic heterocycles. The summed E-state index contributed by atoms with van der Waals surface area (Å²) in [5.41, 5.74) is 1.38. The lowest BCUT2D eigenvalue weighted by Gasteiger charge is -1.99. The molecule has 0 bridgehead atoms. The van der Waals surface area contributed by atoms with E-state index in [1.165, 1.54) is 19.2 Å². The van der Waals surface area contributed by atoms with Gasteiger partial charge in [0.1, 0.15) is 0 Å². The van der Waals surface area contributed by atoms with Crippen molar-refractivity contribution in [3.63, 3.8) is 0 Å². The maximum absolute atomic E-state index is 11.2. The molecule has 1 aliphatic heterocycles. The van der Waals surface area contributed by atoms with Gasteiger partial charge in [-0.05, 0) is 17.7 Å². The fourth-order valence-electron chi connectivity index (χ4n) is 1.48. The van der Waals surface area contributed by atoms with E-state index in [9.17, 15) is 13.2 Å². The summed E-state index contributed by atoms with van der Waals surface area (Å²) in [4.78, 5) is 15.4. The van der Waals surface area contributed by atoms with Crippen LogP contribution in [-0.2, 0) is 19.4 Å². The van der Waals surface area contributed by atoms with Crippen LogP contribution in [-0.4, -0.2) is 39.5 Å². The van der Waals surface area contributed by atoms with Gasteiger partial charge in [-0.15, -0.1) is 0 Å². The Balaban J connectivity index is 2.17. The first kappa shape index (κ1) is 11.8. The molecule has 0 N–H and O–H groups in total. The van der Waals surface area contributed by atoms with Gasteiger partial charge in [0, 0.05) is 6.26 Å². The zero-order chi connectivity index (χ0) is 12.6. The molecule has 17 heavy (non-hydrogen) atoms. The Morgan fingerprint density at radius 2 is 1.88 bits per heavy atom.